The molecular formula is C20H25N11O8PS+. The summed E-state index contributed by atoms with van der Waals surface area (Å²) in [7, 11) is -7.18. The van der Waals surface area contributed by atoms with Crippen LogP contribution in [-0.4, -0.2) is 83.5 Å². The molecule has 2 aliphatic rings. The Morgan fingerprint density at radius 1 is 0.976 bits per heavy atom. The second kappa shape index (κ2) is 11.1. The topological polar surface area (TPSA) is 260 Å². The molecule has 21 heteroatoms. The maximum Gasteiger partial charge on any atom is 0.697 e. The van der Waals surface area contributed by atoms with Crippen LogP contribution in [0.4, 0.5) is 11.6 Å². The third-order valence-corrected chi connectivity index (χ3v) is 8.05. The highest BCUT2D eigenvalue weighted by Gasteiger charge is 2.44. The number of imidazole rings is 2. The number of fused-ring (bicyclic) bond motifs is 2. The van der Waals surface area contributed by atoms with E-state index in [0.717, 1.165) is 0 Å². The van der Waals surface area contributed by atoms with E-state index in [1.807, 2.05) is 4.72 Å². The first-order valence-electron chi connectivity index (χ1n) is 12.3. The number of nitrogens with one attached hydrogen (secondary N) is 1. The Balaban J connectivity index is 1.08. The lowest BCUT2D eigenvalue weighted by Crippen LogP contribution is -2.37. The molecule has 218 valence electrons. The van der Waals surface area contributed by atoms with Crippen LogP contribution in [0.25, 0.3) is 22.3 Å². The van der Waals surface area contributed by atoms with Crippen molar-refractivity contribution in [3.8, 4) is 0 Å². The lowest BCUT2D eigenvalue weighted by atomic mass is 10.2. The molecule has 2 aliphatic heterocycles. The summed E-state index contributed by atoms with van der Waals surface area (Å²) in [6.07, 6.45) is 3.74. The molecular weight excluding hydrogens is 585 g/mol. The molecule has 0 saturated carbocycles. The second-order valence-electron chi connectivity index (χ2n) is 9.31. The maximum absolute atomic E-state index is 12.8. The van der Waals surface area contributed by atoms with E-state index in [4.69, 9.17) is 34.5 Å². The number of aromatic nitrogens is 8. The van der Waals surface area contributed by atoms with E-state index >= 15 is 0 Å². The van der Waals surface area contributed by atoms with Gasteiger partial charge in [-0.15, -0.1) is 9.05 Å². The van der Waals surface area contributed by atoms with Crippen LogP contribution in [0.3, 0.4) is 0 Å². The zero-order chi connectivity index (χ0) is 28.7. The summed E-state index contributed by atoms with van der Waals surface area (Å²) in [5.41, 5.74) is 13.5. The Morgan fingerprint density at radius 2 is 1.61 bits per heavy atom. The first-order chi connectivity index (χ1) is 19.7. The van der Waals surface area contributed by atoms with Crippen LogP contribution < -0.4 is 16.2 Å². The van der Waals surface area contributed by atoms with Crippen molar-refractivity contribution in [1.29, 1.82) is 0 Å². The van der Waals surface area contributed by atoms with Gasteiger partial charge in [0.15, 0.2) is 22.9 Å². The predicted molar refractivity (Wildman–Crippen MR) is 139 cm³/mol. The van der Waals surface area contributed by atoms with Gasteiger partial charge in [-0.05, 0) is 12.8 Å². The van der Waals surface area contributed by atoms with E-state index in [1.165, 1.54) is 19.0 Å². The smallest absolute Gasteiger partial charge is 0.382 e. The highest BCUT2D eigenvalue weighted by molar-refractivity contribution is 7.83. The zero-order valence-corrected chi connectivity index (χ0v) is 22.8. The minimum absolute atomic E-state index is 0.0250. The van der Waals surface area contributed by atoms with Gasteiger partial charge in [0.2, 0.25) is 0 Å². The number of rotatable bonds is 10. The van der Waals surface area contributed by atoms with Crippen LogP contribution in [0, 0.1) is 0 Å². The van der Waals surface area contributed by atoms with Gasteiger partial charge in [-0.3, -0.25) is 13.7 Å². The molecule has 2 fully saturated rings. The van der Waals surface area contributed by atoms with E-state index < -0.39 is 37.0 Å². The lowest BCUT2D eigenvalue weighted by molar-refractivity contribution is -0.0228. The first-order valence-corrected chi connectivity index (χ1v) is 14.9. The number of nitrogens with zero attached hydrogens (tertiary/aromatic N) is 8. The molecule has 2 saturated heterocycles. The maximum atomic E-state index is 12.8. The fraction of sp³-hybridized carbons (Fsp3) is 0.500. The molecule has 0 spiro atoms. The van der Waals surface area contributed by atoms with E-state index in [2.05, 4.69) is 29.9 Å². The second-order valence-corrected chi connectivity index (χ2v) is 11.5. The van der Waals surface area contributed by atoms with Crippen molar-refractivity contribution >= 4 is 52.5 Å². The fourth-order valence-electron chi connectivity index (χ4n) is 4.81. The van der Waals surface area contributed by atoms with Crippen LogP contribution in [-0.2, 0) is 33.4 Å². The molecule has 0 radical (unpaired) electrons. The summed E-state index contributed by atoms with van der Waals surface area (Å²) in [4.78, 5) is 24.7. The normalized spacial score (nSPS) is 25.4. The monoisotopic (exact) mass is 610 g/mol. The molecule has 0 bridgehead atoms. The van der Waals surface area contributed by atoms with Crippen molar-refractivity contribution in [1.82, 2.24) is 43.8 Å². The van der Waals surface area contributed by atoms with E-state index in [-0.39, 0.29) is 43.5 Å². The van der Waals surface area contributed by atoms with E-state index in [1.54, 1.807) is 15.5 Å². The molecule has 4 aromatic rings. The Hall–Kier alpha value is -3.49. The van der Waals surface area contributed by atoms with Crippen molar-refractivity contribution in [2.24, 2.45) is 0 Å². The molecule has 6 heterocycles. The van der Waals surface area contributed by atoms with Crippen molar-refractivity contribution in [2.45, 2.75) is 50.0 Å². The molecule has 19 nitrogen and oxygen atoms in total. The van der Waals surface area contributed by atoms with Gasteiger partial charge in [0, 0.05) is 17.5 Å². The summed E-state index contributed by atoms with van der Waals surface area (Å²) >= 11 is 0. The number of hydrogen-bond donors (Lipinski definition) is 4. The predicted octanol–water partition coefficient (Wildman–Crippen LogP) is 0.247. The van der Waals surface area contributed by atoms with Crippen LogP contribution >= 0.6 is 8.25 Å². The largest absolute Gasteiger partial charge is 0.697 e. The molecule has 1 unspecified atom stereocenters. The average Bonchev–Trinajstić information content (AvgIpc) is 3.71. The van der Waals surface area contributed by atoms with Gasteiger partial charge in [0.1, 0.15) is 55.0 Å². The summed E-state index contributed by atoms with van der Waals surface area (Å²) in [6.45, 7) is -0.379. The van der Waals surface area contributed by atoms with Crippen molar-refractivity contribution in [3.63, 3.8) is 0 Å². The first kappa shape index (κ1) is 27.7. The number of hydrogen-bond acceptors (Lipinski definition) is 15. The molecule has 6 atom stereocenters. The van der Waals surface area contributed by atoms with E-state index in [9.17, 15) is 13.0 Å². The van der Waals surface area contributed by atoms with Crippen LogP contribution in [0.15, 0.2) is 25.3 Å². The number of nitrogens with two attached hydrogens (primary N) is 2. The molecule has 0 aromatic carbocycles. The van der Waals surface area contributed by atoms with Gasteiger partial charge in [0.05, 0.1) is 18.8 Å². The zero-order valence-electron chi connectivity index (χ0n) is 21.1. The summed E-state index contributed by atoms with van der Waals surface area (Å²) in [6, 6.07) is 0. The Bertz CT molecular complexity index is 1700. The van der Waals surface area contributed by atoms with Crippen LogP contribution in [0.5, 0.6) is 0 Å². The molecule has 4 aromatic heterocycles. The number of nitrogen functional groups attached to an aromatic ring is 2. The molecule has 0 aliphatic carbocycles. The van der Waals surface area contributed by atoms with Gasteiger partial charge in [-0.1, -0.05) is 0 Å². The van der Waals surface area contributed by atoms with Crippen LogP contribution in [0.2, 0.25) is 0 Å². The van der Waals surface area contributed by atoms with E-state index in [0.29, 0.717) is 35.2 Å². The summed E-state index contributed by atoms with van der Waals surface area (Å²) in [5.74, 6) is 0.443. The molecule has 0 amide bonds. The summed E-state index contributed by atoms with van der Waals surface area (Å²) < 4.78 is 72.9. The van der Waals surface area contributed by atoms with Crippen molar-refractivity contribution in [2.75, 3.05) is 24.6 Å². The third-order valence-electron chi connectivity index (χ3n) is 6.71. The van der Waals surface area contributed by atoms with Gasteiger partial charge in [-0.2, -0.15) is 13.1 Å². The Morgan fingerprint density at radius 3 is 2.24 bits per heavy atom. The van der Waals surface area contributed by atoms with Gasteiger partial charge >= 0.3 is 18.6 Å². The minimum atomic E-state index is -4.52. The SMILES string of the molecule is Nc1ncnc2c1ncn2[C@H]1CC[C@@H](CO[P+](=O)O[C@H]2C[C@H](n3cnc4c(N)ncnc43)O[C@@H]2CNS(=O)(=O)O)O1. The number of anilines is 2. The number of ether oxygens (including phenoxy) is 2. The molecule has 41 heavy (non-hydrogen) atoms. The van der Waals surface area contributed by atoms with Crippen LogP contribution in [0.1, 0.15) is 31.7 Å². The van der Waals surface area contributed by atoms with Gasteiger partial charge in [0.25, 0.3) is 0 Å². The average molecular weight is 611 g/mol. The third kappa shape index (κ3) is 5.81. The summed E-state index contributed by atoms with van der Waals surface area (Å²) in [5, 5.41) is 0. The highest BCUT2D eigenvalue weighted by Crippen LogP contribution is 2.39. The van der Waals surface area contributed by atoms with Gasteiger partial charge in [-0.25, -0.2) is 29.9 Å². The molecule has 6 rings (SSSR count). The van der Waals surface area contributed by atoms with Gasteiger partial charge < -0.3 is 20.9 Å². The Labute approximate surface area is 232 Å². The standard InChI is InChI=1S/C20H24N11O8PS/c21-17-15-19(25-6-23-17)30(8-27-15)13-2-1-10(37-13)5-36-40(32)39-11-3-14(38-12(11)4-29-41(33,34)35)31-9-28-16-18(22)24-7-26-20(16)31/h6-14,29H,1-5H2,(H4-,21,22,23,24,25,26,33,34,35)/p+1/t10-,11-,12+,13+,14+/m0/s1. The quantitative estimate of drug-likeness (QED) is 0.138. The fourth-order valence-corrected chi connectivity index (χ4v) is 5.98. The Kier molecular flexibility index (Phi) is 7.47. The lowest BCUT2D eigenvalue weighted by Gasteiger charge is -2.15. The highest BCUT2D eigenvalue weighted by atomic mass is 32.2. The van der Waals surface area contributed by atoms with Crippen molar-refractivity contribution in [3.05, 3.63) is 25.3 Å². The van der Waals surface area contributed by atoms with Crippen molar-refractivity contribution < 1.29 is 36.1 Å². The minimum Gasteiger partial charge on any atom is -0.382 e. The molecule has 6 N–H and O–H groups in total.